The molecule has 11 nitrogen and oxygen atoms in total. The average molecular weight is 506 g/mol. The van der Waals surface area contributed by atoms with E-state index in [1.54, 1.807) is 13.2 Å². The van der Waals surface area contributed by atoms with E-state index in [-0.39, 0.29) is 31.1 Å². The molecule has 0 spiro atoms. The number of carbonyl (C=O) groups excluding carboxylic acids is 2. The summed E-state index contributed by atoms with van der Waals surface area (Å²) >= 11 is 0. The van der Waals surface area contributed by atoms with E-state index in [1.807, 2.05) is 24.3 Å². The molecule has 12 heteroatoms. The van der Waals surface area contributed by atoms with Crippen molar-refractivity contribution in [3.05, 3.63) is 48.0 Å². The van der Waals surface area contributed by atoms with E-state index < -0.39 is 28.1 Å². The normalized spacial score (nSPS) is 17.6. The van der Waals surface area contributed by atoms with Crippen molar-refractivity contribution in [1.82, 2.24) is 14.9 Å². The number of nitrogens with one attached hydrogen (secondary N) is 2. The smallest absolute Gasteiger partial charge is 0.309 e. The lowest BCUT2D eigenvalue weighted by molar-refractivity contribution is -0.139. The molecule has 1 saturated heterocycles. The minimum absolute atomic E-state index is 0.0256. The van der Waals surface area contributed by atoms with Crippen LogP contribution in [0.3, 0.4) is 0 Å². The molecule has 0 radical (unpaired) electrons. The summed E-state index contributed by atoms with van der Waals surface area (Å²) in [5.74, 6) is -0.166. The lowest BCUT2D eigenvalue weighted by Gasteiger charge is -2.24. The van der Waals surface area contributed by atoms with Crippen molar-refractivity contribution in [1.29, 1.82) is 0 Å². The Bertz CT molecular complexity index is 1190. The number of amides is 2. The zero-order valence-electron chi connectivity index (χ0n) is 19.2. The molecule has 2 N–H and O–H groups in total. The van der Waals surface area contributed by atoms with Gasteiger partial charge in [-0.1, -0.05) is 18.2 Å². The summed E-state index contributed by atoms with van der Waals surface area (Å²) in [4.78, 5) is 24.5. The van der Waals surface area contributed by atoms with Gasteiger partial charge < -0.3 is 29.6 Å². The van der Waals surface area contributed by atoms with Crippen molar-refractivity contribution in [2.24, 2.45) is 0 Å². The maximum absolute atomic E-state index is 13.2. The number of ether oxygens (including phenoxy) is 4. The van der Waals surface area contributed by atoms with Gasteiger partial charge in [-0.2, -0.15) is 4.31 Å². The van der Waals surface area contributed by atoms with E-state index in [9.17, 15) is 18.0 Å². The van der Waals surface area contributed by atoms with Crippen LogP contribution >= 0.6 is 0 Å². The number of nitrogens with zero attached hydrogens (tertiary/aromatic N) is 1. The van der Waals surface area contributed by atoms with Gasteiger partial charge in [0.05, 0.1) is 25.2 Å². The standard InChI is InChI=1S/C23H27N3O8S/c1-31-18-5-3-2-4-16(18)8-9-24-22(27)23(28)25-15-21-26(10-11-34-21)35(29,30)17-6-7-19-20(14-17)33-13-12-32-19/h2-7,14,21H,8-13,15H2,1H3,(H,24,27)(H,25,28)/t21-/m1/s1. The van der Waals surface area contributed by atoms with Gasteiger partial charge in [0, 0.05) is 19.2 Å². The van der Waals surface area contributed by atoms with Crippen LogP contribution in [0.25, 0.3) is 0 Å². The Morgan fingerprint density at radius 1 is 1.03 bits per heavy atom. The fourth-order valence-electron chi connectivity index (χ4n) is 3.82. The second-order valence-corrected chi connectivity index (χ2v) is 9.66. The van der Waals surface area contributed by atoms with Gasteiger partial charge >= 0.3 is 11.8 Å². The highest BCUT2D eigenvalue weighted by Gasteiger charge is 2.37. The number of sulfonamides is 1. The maximum atomic E-state index is 13.2. The first kappa shape index (κ1) is 24.8. The number of rotatable bonds is 8. The predicted molar refractivity (Wildman–Crippen MR) is 124 cm³/mol. The monoisotopic (exact) mass is 505 g/mol. The van der Waals surface area contributed by atoms with Gasteiger partial charge in [-0.15, -0.1) is 0 Å². The minimum Gasteiger partial charge on any atom is -0.496 e. The molecule has 0 unspecified atom stereocenters. The molecular weight excluding hydrogens is 478 g/mol. The third-order valence-electron chi connectivity index (χ3n) is 5.58. The average Bonchev–Trinajstić information content (AvgIpc) is 3.37. The Hall–Kier alpha value is -3.35. The van der Waals surface area contributed by atoms with Crippen molar-refractivity contribution in [2.75, 3.05) is 46.6 Å². The van der Waals surface area contributed by atoms with Crippen LogP contribution < -0.4 is 24.8 Å². The molecule has 2 amide bonds. The van der Waals surface area contributed by atoms with E-state index in [1.165, 1.54) is 12.1 Å². The van der Waals surface area contributed by atoms with E-state index in [2.05, 4.69) is 10.6 Å². The highest BCUT2D eigenvalue weighted by atomic mass is 32.2. The van der Waals surface area contributed by atoms with Crippen LogP contribution in [0.15, 0.2) is 47.4 Å². The van der Waals surface area contributed by atoms with E-state index in [0.717, 1.165) is 9.87 Å². The van der Waals surface area contributed by atoms with Crippen LogP contribution in [-0.2, 0) is 30.8 Å². The van der Waals surface area contributed by atoms with Gasteiger partial charge in [0.15, 0.2) is 11.5 Å². The molecular formula is C23H27N3O8S. The SMILES string of the molecule is COc1ccccc1CCNC(=O)C(=O)NC[C@H]1OCCN1S(=O)(=O)c1ccc2c(c1)OCCO2. The van der Waals surface area contributed by atoms with Crippen LogP contribution in [0.2, 0.25) is 0 Å². The first-order valence-electron chi connectivity index (χ1n) is 11.1. The lowest BCUT2D eigenvalue weighted by Crippen LogP contribution is -2.47. The Morgan fingerprint density at radius 2 is 1.77 bits per heavy atom. The topological polar surface area (TPSA) is 132 Å². The Labute approximate surface area is 203 Å². The molecule has 4 rings (SSSR count). The fraction of sp³-hybridized carbons (Fsp3) is 0.391. The summed E-state index contributed by atoms with van der Waals surface area (Å²) in [6.07, 6.45) is -0.463. The molecule has 1 fully saturated rings. The molecule has 0 saturated carbocycles. The third kappa shape index (κ3) is 5.66. The Kier molecular flexibility index (Phi) is 7.73. The zero-order valence-corrected chi connectivity index (χ0v) is 20.0. The maximum Gasteiger partial charge on any atom is 0.309 e. The number of hydrogen-bond acceptors (Lipinski definition) is 8. The molecule has 188 valence electrons. The number of fused-ring (bicyclic) bond motifs is 1. The largest absolute Gasteiger partial charge is 0.496 e. The van der Waals surface area contributed by atoms with Crippen LogP contribution in [-0.4, -0.2) is 77.3 Å². The quantitative estimate of drug-likeness (QED) is 0.489. The van der Waals surface area contributed by atoms with Crippen LogP contribution in [0, 0.1) is 0 Å². The summed E-state index contributed by atoms with van der Waals surface area (Å²) in [5.41, 5.74) is 0.898. The summed E-state index contributed by atoms with van der Waals surface area (Å²) in [5, 5.41) is 5.00. The summed E-state index contributed by atoms with van der Waals surface area (Å²) < 4.78 is 49.2. The first-order chi connectivity index (χ1) is 16.9. The summed E-state index contributed by atoms with van der Waals surface area (Å²) in [7, 11) is -2.37. The molecule has 0 bridgehead atoms. The Balaban J connectivity index is 1.31. The molecule has 2 aliphatic heterocycles. The van der Waals surface area contributed by atoms with Gasteiger partial charge in [-0.3, -0.25) is 9.59 Å². The minimum atomic E-state index is -3.93. The lowest BCUT2D eigenvalue weighted by atomic mass is 10.1. The predicted octanol–water partition coefficient (Wildman–Crippen LogP) is 0.289. The van der Waals surface area contributed by atoms with E-state index in [4.69, 9.17) is 18.9 Å². The number of para-hydroxylation sites is 1. The number of hydrogen-bond donors (Lipinski definition) is 2. The molecule has 35 heavy (non-hydrogen) atoms. The molecule has 0 aliphatic carbocycles. The van der Waals surface area contributed by atoms with Crippen molar-refractivity contribution < 1.29 is 37.0 Å². The van der Waals surface area contributed by atoms with Crippen molar-refractivity contribution in [3.63, 3.8) is 0 Å². The number of methoxy groups -OCH3 is 1. The molecule has 0 aromatic heterocycles. The second kappa shape index (κ2) is 10.9. The van der Waals surface area contributed by atoms with Gasteiger partial charge in [0.25, 0.3) is 0 Å². The zero-order chi connectivity index (χ0) is 24.8. The summed E-state index contributed by atoms with van der Waals surface area (Å²) in [6.45, 7) is 1.06. The van der Waals surface area contributed by atoms with Gasteiger partial charge in [-0.05, 0) is 30.2 Å². The fourth-order valence-corrected chi connectivity index (χ4v) is 5.35. The molecule has 2 heterocycles. The molecule has 2 aromatic carbocycles. The van der Waals surface area contributed by atoms with Gasteiger partial charge in [0.2, 0.25) is 10.0 Å². The van der Waals surface area contributed by atoms with Crippen LogP contribution in [0.4, 0.5) is 0 Å². The Morgan fingerprint density at radius 3 is 2.57 bits per heavy atom. The third-order valence-corrected chi connectivity index (χ3v) is 7.46. The highest BCUT2D eigenvalue weighted by Crippen LogP contribution is 2.34. The summed E-state index contributed by atoms with van der Waals surface area (Å²) in [6, 6.07) is 11.8. The van der Waals surface area contributed by atoms with E-state index in [0.29, 0.717) is 36.9 Å². The first-order valence-corrected chi connectivity index (χ1v) is 12.5. The van der Waals surface area contributed by atoms with Crippen molar-refractivity contribution in [2.45, 2.75) is 17.5 Å². The van der Waals surface area contributed by atoms with Gasteiger partial charge in [0.1, 0.15) is 25.2 Å². The number of benzene rings is 2. The second-order valence-electron chi connectivity index (χ2n) is 7.77. The van der Waals surface area contributed by atoms with Crippen molar-refractivity contribution in [3.8, 4) is 17.2 Å². The van der Waals surface area contributed by atoms with Gasteiger partial charge in [-0.25, -0.2) is 8.42 Å². The molecule has 1 atom stereocenters. The molecule has 2 aliphatic rings. The van der Waals surface area contributed by atoms with Crippen LogP contribution in [0.5, 0.6) is 17.2 Å². The highest BCUT2D eigenvalue weighted by molar-refractivity contribution is 7.89. The molecule has 2 aromatic rings. The van der Waals surface area contributed by atoms with E-state index >= 15 is 0 Å². The number of carbonyl (C=O) groups is 2. The van der Waals surface area contributed by atoms with Crippen molar-refractivity contribution >= 4 is 21.8 Å². The van der Waals surface area contributed by atoms with Crippen LogP contribution in [0.1, 0.15) is 5.56 Å².